The lowest BCUT2D eigenvalue weighted by atomic mass is 10.0. The molecule has 3 N–H and O–H groups in total. The Hall–Kier alpha value is -2.82. The average molecular weight is 284 g/mol. The van der Waals surface area contributed by atoms with Gasteiger partial charge in [0.05, 0.1) is 6.04 Å². The molecule has 1 atom stereocenters. The first-order valence-electron chi connectivity index (χ1n) is 6.51. The van der Waals surface area contributed by atoms with Crippen molar-refractivity contribution in [3.05, 3.63) is 65.5 Å². The second kappa shape index (κ2) is 6.56. The number of amides is 1. The first-order chi connectivity index (χ1) is 10.1. The number of carbonyl (C=O) groups is 2. The highest BCUT2D eigenvalue weighted by Crippen LogP contribution is 2.15. The highest BCUT2D eigenvalue weighted by atomic mass is 16.4. The molecule has 5 heteroatoms. The van der Waals surface area contributed by atoms with Gasteiger partial charge in [0.2, 0.25) is 0 Å². The van der Waals surface area contributed by atoms with E-state index in [0.29, 0.717) is 5.69 Å². The van der Waals surface area contributed by atoms with Crippen LogP contribution >= 0.6 is 0 Å². The Morgan fingerprint density at radius 1 is 1.29 bits per heavy atom. The van der Waals surface area contributed by atoms with Crippen molar-refractivity contribution in [1.29, 1.82) is 0 Å². The summed E-state index contributed by atoms with van der Waals surface area (Å²) in [6, 6.07) is 10.7. The van der Waals surface area contributed by atoms with Gasteiger partial charge in [-0.1, -0.05) is 18.2 Å². The maximum atomic E-state index is 12.0. The molecule has 108 valence electrons. The third-order valence-corrected chi connectivity index (χ3v) is 3.02. The molecule has 0 bridgehead atoms. The molecule has 0 radical (unpaired) electrons. The minimum Gasteiger partial charge on any atom is -0.478 e. The first kappa shape index (κ1) is 14.6. The summed E-state index contributed by atoms with van der Waals surface area (Å²) in [7, 11) is 0. The van der Waals surface area contributed by atoms with E-state index in [4.69, 9.17) is 5.11 Å². The van der Waals surface area contributed by atoms with Gasteiger partial charge >= 0.3 is 5.97 Å². The maximum absolute atomic E-state index is 12.0. The van der Waals surface area contributed by atoms with Crippen LogP contribution in [0.4, 0.5) is 0 Å². The zero-order chi connectivity index (χ0) is 15.2. The standard InChI is InChI=1S/C16H16N2O3/c1-11(18-16(21)14-6-3-9-17-14)13-5-2-4-12(10-13)7-8-15(19)20/h2-11,17H,1H3,(H,18,21)(H,19,20). The van der Waals surface area contributed by atoms with Gasteiger partial charge in [-0.05, 0) is 42.3 Å². The van der Waals surface area contributed by atoms with Gasteiger partial charge in [-0.15, -0.1) is 0 Å². The first-order valence-corrected chi connectivity index (χ1v) is 6.51. The topological polar surface area (TPSA) is 82.2 Å². The third-order valence-electron chi connectivity index (χ3n) is 3.02. The Morgan fingerprint density at radius 3 is 2.76 bits per heavy atom. The second-order valence-electron chi connectivity index (χ2n) is 4.62. The van der Waals surface area contributed by atoms with Crippen molar-refractivity contribution in [2.45, 2.75) is 13.0 Å². The molecule has 5 nitrogen and oxygen atoms in total. The molecule has 0 aliphatic carbocycles. The predicted octanol–water partition coefficient (Wildman–Crippen LogP) is 2.60. The second-order valence-corrected chi connectivity index (χ2v) is 4.62. The van der Waals surface area contributed by atoms with E-state index < -0.39 is 5.97 Å². The van der Waals surface area contributed by atoms with Crippen LogP contribution in [0.2, 0.25) is 0 Å². The van der Waals surface area contributed by atoms with Gasteiger partial charge in [-0.3, -0.25) is 4.79 Å². The van der Waals surface area contributed by atoms with Crippen LogP contribution in [0, 0.1) is 0 Å². The molecule has 21 heavy (non-hydrogen) atoms. The molecule has 0 spiro atoms. The van der Waals surface area contributed by atoms with Crippen LogP contribution in [0.1, 0.15) is 34.6 Å². The number of H-pyrrole nitrogens is 1. The summed E-state index contributed by atoms with van der Waals surface area (Å²) in [4.78, 5) is 25.3. The van der Waals surface area contributed by atoms with Crippen LogP contribution in [-0.2, 0) is 4.79 Å². The van der Waals surface area contributed by atoms with Crippen LogP contribution in [0.15, 0.2) is 48.7 Å². The zero-order valence-corrected chi connectivity index (χ0v) is 11.5. The minimum atomic E-state index is -0.992. The number of carboxylic acids is 1. The molecule has 1 aromatic heterocycles. The Kier molecular flexibility index (Phi) is 4.56. The van der Waals surface area contributed by atoms with E-state index in [1.807, 2.05) is 31.2 Å². The number of carbonyl (C=O) groups excluding carboxylic acids is 1. The lowest BCUT2D eigenvalue weighted by Crippen LogP contribution is -2.26. The molecule has 0 saturated heterocycles. The van der Waals surface area contributed by atoms with Crippen molar-refractivity contribution in [2.24, 2.45) is 0 Å². The minimum absolute atomic E-state index is 0.181. The SMILES string of the molecule is CC(NC(=O)c1ccc[nH]1)c1cccc(C=CC(=O)O)c1. The third kappa shape index (κ3) is 4.07. The largest absolute Gasteiger partial charge is 0.478 e. The molecule has 1 unspecified atom stereocenters. The fourth-order valence-electron chi connectivity index (χ4n) is 1.93. The van der Waals surface area contributed by atoms with Crippen LogP contribution < -0.4 is 5.32 Å². The Morgan fingerprint density at radius 2 is 2.10 bits per heavy atom. The molecule has 1 heterocycles. The maximum Gasteiger partial charge on any atom is 0.328 e. The summed E-state index contributed by atoms with van der Waals surface area (Å²) in [6.07, 6.45) is 4.30. The monoisotopic (exact) mass is 284 g/mol. The average Bonchev–Trinajstić information content (AvgIpc) is 2.99. The number of benzene rings is 1. The molecule has 1 aromatic carbocycles. The van der Waals surface area contributed by atoms with Crippen molar-refractivity contribution in [3.8, 4) is 0 Å². The van der Waals surface area contributed by atoms with E-state index in [9.17, 15) is 9.59 Å². The molecule has 0 fully saturated rings. The summed E-state index contributed by atoms with van der Waals surface area (Å²) in [6.45, 7) is 1.88. The number of hydrogen-bond donors (Lipinski definition) is 3. The van der Waals surface area contributed by atoms with Crippen LogP contribution in [-0.4, -0.2) is 22.0 Å². The van der Waals surface area contributed by atoms with Gasteiger partial charge in [-0.2, -0.15) is 0 Å². The summed E-state index contributed by atoms with van der Waals surface area (Å²) in [5.41, 5.74) is 2.18. The van der Waals surface area contributed by atoms with Crippen LogP contribution in [0.3, 0.4) is 0 Å². The van der Waals surface area contributed by atoms with E-state index in [1.165, 1.54) is 6.08 Å². The van der Waals surface area contributed by atoms with Gasteiger partial charge in [0.15, 0.2) is 0 Å². The number of nitrogens with one attached hydrogen (secondary N) is 2. The van der Waals surface area contributed by atoms with Crippen molar-refractivity contribution < 1.29 is 14.7 Å². The molecular weight excluding hydrogens is 268 g/mol. The van der Waals surface area contributed by atoms with Crippen LogP contribution in [0.25, 0.3) is 6.08 Å². The highest BCUT2D eigenvalue weighted by Gasteiger charge is 2.11. The van der Waals surface area contributed by atoms with E-state index in [-0.39, 0.29) is 11.9 Å². The predicted molar refractivity (Wildman–Crippen MR) is 79.8 cm³/mol. The number of rotatable bonds is 5. The summed E-state index contributed by atoms with van der Waals surface area (Å²) < 4.78 is 0. The number of aliphatic carboxylic acids is 1. The lowest BCUT2D eigenvalue weighted by Gasteiger charge is -2.14. The molecule has 0 aliphatic rings. The smallest absolute Gasteiger partial charge is 0.328 e. The van der Waals surface area contributed by atoms with E-state index >= 15 is 0 Å². The van der Waals surface area contributed by atoms with Crippen molar-refractivity contribution >= 4 is 18.0 Å². The number of aromatic nitrogens is 1. The summed E-state index contributed by atoms with van der Waals surface area (Å²) in [5, 5.41) is 11.5. The Bertz CT molecular complexity index is 660. The zero-order valence-electron chi connectivity index (χ0n) is 11.5. The fraction of sp³-hybridized carbons (Fsp3) is 0.125. The van der Waals surface area contributed by atoms with Gasteiger partial charge in [-0.25, -0.2) is 4.79 Å². The molecular formula is C16H16N2O3. The van der Waals surface area contributed by atoms with Gasteiger partial charge in [0, 0.05) is 12.3 Å². The molecule has 1 amide bonds. The summed E-state index contributed by atoms with van der Waals surface area (Å²) in [5.74, 6) is -1.17. The quantitative estimate of drug-likeness (QED) is 0.738. The van der Waals surface area contributed by atoms with Crippen LogP contribution in [0.5, 0.6) is 0 Å². The fourth-order valence-corrected chi connectivity index (χ4v) is 1.93. The van der Waals surface area contributed by atoms with Gasteiger partial charge in [0.1, 0.15) is 5.69 Å². The number of aromatic amines is 1. The van der Waals surface area contributed by atoms with E-state index in [2.05, 4.69) is 10.3 Å². The van der Waals surface area contributed by atoms with Crippen molar-refractivity contribution in [1.82, 2.24) is 10.3 Å². The number of hydrogen-bond acceptors (Lipinski definition) is 2. The summed E-state index contributed by atoms with van der Waals surface area (Å²) >= 11 is 0. The molecule has 0 saturated carbocycles. The van der Waals surface area contributed by atoms with E-state index in [0.717, 1.165) is 17.2 Å². The molecule has 2 rings (SSSR count). The van der Waals surface area contributed by atoms with E-state index in [1.54, 1.807) is 18.3 Å². The normalized spacial score (nSPS) is 12.2. The lowest BCUT2D eigenvalue weighted by molar-refractivity contribution is -0.131. The van der Waals surface area contributed by atoms with Gasteiger partial charge < -0.3 is 15.4 Å². The molecule has 0 aliphatic heterocycles. The Labute approximate surface area is 122 Å². The highest BCUT2D eigenvalue weighted by molar-refractivity contribution is 5.92. The van der Waals surface area contributed by atoms with Crippen molar-refractivity contribution in [3.63, 3.8) is 0 Å². The molecule has 2 aromatic rings. The van der Waals surface area contributed by atoms with Crippen molar-refractivity contribution in [2.75, 3.05) is 0 Å². The van der Waals surface area contributed by atoms with Gasteiger partial charge in [0.25, 0.3) is 5.91 Å². The Balaban J connectivity index is 2.08. The number of carboxylic acid groups (broad SMARTS) is 1.